The maximum atomic E-state index is 3.90. The van der Waals surface area contributed by atoms with E-state index < -0.39 is 0 Å². The van der Waals surface area contributed by atoms with Crippen LogP contribution in [0.15, 0.2) is 0 Å². The Morgan fingerprint density at radius 3 is 1.57 bits per heavy atom. The van der Waals surface area contributed by atoms with Crippen molar-refractivity contribution in [3.63, 3.8) is 0 Å². The first-order chi connectivity index (χ1) is 2.39. The Morgan fingerprint density at radius 2 is 1.57 bits per heavy atom. The molecule has 0 amide bonds. The first kappa shape index (κ1) is 12.3. The molecule has 0 aromatic carbocycles. The van der Waals surface area contributed by atoms with Crippen LogP contribution in [0.25, 0.3) is 10.6 Å². The largest absolute Gasteiger partial charge is 0.696 e. The number of nitrogens with zero attached hydrogens (tertiary/aromatic N) is 2. The second-order valence-electron chi connectivity index (χ2n) is 1.14. The predicted octanol–water partition coefficient (Wildman–Crippen LogP) is 1.05. The molecular weight excluding hydrogens is 346 g/mol. The van der Waals surface area contributed by atoms with Gasteiger partial charge in [0, 0.05) is 82.6 Å². The molecule has 7 heavy (non-hydrogen) atoms. The van der Waals surface area contributed by atoms with Gasteiger partial charge in [0.2, 0.25) is 0 Å². The summed E-state index contributed by atoms with van der Waals surface area (Å²) in [4.78, 5) is 0. The van der Waals surface area contributed by atoms with Gasteiger partial charge in [-0.05, 0) is 0 Å². The molecule has 1 aliphatic heterocycles. The van der Waals surface area contributed by atoms with Crippen LogP contribution in [0.4, 0.5) is 0 Å². The first-order valence-electron chi connectivity index (χ1n) is 1.73. The van der Waals surface area contributed by atoms with Gasteiger partial charge < -0.3 is 10.6 Å². The molecule has 2 nitrogen and oxygen atoms in total. The fourth-order valence-electron chi connectivity index (χ4n) is 0.245. The zero-order chi connectivity index (χ0) is 3.70. The van der Waals surface area contributed by atoms with Gasteiger partial charge in [0.25, 0.3) is 0 Å². The zero-order valence-electron chi connectivity index (χ0n) is 4.33. The number of rotatable bonds is 0. The summed E-state index contributed by atoms with van der Waals surface area (Å²) in [6, 6.07) is 0. The molecule has 0 aromatic rings. The van der Waals surface area contributed by atoms with E-state index in [1.54, 1.807) is 0 Å². The third kappa shape index (κ3) is 5.11. The van der Waals surface area contributed by atoms with E-state index in [2.05, 4.69) is 10.6 Å². The molecule has 1 heterocycles. The molecule has 1 rings (SSSR count). The van der Waals surface area contributed by atoms with Gasteiger partial charge in [-0.25, -0.2) is 6.17 Å². The van der Waals surface area contributed by atoms with Crippen molar-refractivity contribution < 1.29 is 82.6 Å². The van der Waals surface area contributed by atoms with Gasteiger partial charge in [0.15, 0.2) is 0 Å². The van der Waals surface area contributed by atoms with Gasteiger partial charge in [-0.15, -0.1) is 6.92 Å². The molecule has 0 aliphatic carbocycles. The molecule has 2 radical (unpaired) electrons. The van der Waals surface area contributed by atoms with Crippen molar-refractivity contribution in [2.45, 2.75) is 13.1 Å². The predicted molar refractivity (Wildman–Crippen MR) is 21.0 cm³/mol. The van der Waals surface area contributed by atoms with Crippen LogP contribution in [0.2, 0.25) is 0 Å². The Bertz CT molecular complexity index is 37.9. The third-order valence-electron chi connectivity index (χ3n) is 0.692. The molecular formula is C3H6N2Pr2-2. The monoisotopic (exact) mass is 352 g/mol. The van der Waals surface area contributed by atoms with Crippen LogP contribution in [0.3, 0.4) is 0 Å². The minimum Gasteiger partial charge on any atom is -0.696 e. The smallest absolute Gasteiger partial charge is 0 e. The molecule has 36 valence electrons. The average Bonchev–Trinajstić information content (AvgIpc) is 1.30. The molecule has 1 saturated heterocycles. The molecule has 0 N–H and O–H groups in total. The minimum absolute atomic E-state index is 0. The Hall–Kier alpha value is 2.65. The molecule has 0 spiro atoms. The van der Waals surface area contributed by atoms with Crippen LogP contribution in [0.5, 0.6) is 0 Å². The van der Waals surface area contributed by atoms with Crippen LogP contribution in [0.1, 0.15) is 6.92 Å². The maximum absolute atomic E-state index is 3.90. The van der Waals surface area contributed by atoms with Gasteiger partial charge in [-0.3, -0.25) is 6.67 Å². The second kappa shape index (κ2) is 6.76. The van der Waals surface area contributed by atoms with E-state index in [4.69, 9.17) is 0 Å². The van der Waals surface area contributed by atoms with E-state index in [0.717, 1.165) is 6.67 Å². The second-order valence-corrected chi connectivity index (χ2v) is 1.14. The van der Waals surface area contributed by atoms with Crippen molar-refractivity contribution >= 4 is 0 Å². The van der Waals surface area contributed by atoms with Crippen LogP contribution in [-0.4, -0.2) is 12.8 Å². The Balaban J connectivity index is 0. The summed E-state index contributed by atoms with van der Waals surface area (Å²) in [7, 11) is 0. The SMILES string of the molecule is CC1[N-]C[N-]1.[Pr].[Pr]. The fraction of sp³-hybridized carbons (Fsp3) is 1.00. The number of hydrogen-bond donors (Lipinski definition) is 0. The summed E-state index contributed by atoms with van der Waals surface area (Å²) in [6.07, 6.45) is 0.315. The van der Waals surface area contributed by atoms with Crippen LogP contribution in [0, 0.1) is 82.6 Å². The van der Waals surface area contributed by atoms with Crippen LogP contribution >= 0.6 is 0 Å². The number of hydrogen-bond acceptors (Lipinski definition) is 0. The van der Waals surface area contributed by atoms with E-state index in [0.29, 0.717) is 6.17 Å². The fourth-order valence-corrected chi connectivity index (χ4v) is 0.245. The quantitative estimate of drug-likeness (QED) is 0.624. The van der Waals surface area contributed by atoms with Gasteiger partial charge in [-0.1, -0.05) is 0 Å². The van der Waals surface area contributed by atoms with Crippen molar-refractivity contribution in [1.29, 1.82) is 0 Å². The topological polar surface area (TPSA) is 28.2 Å². The molecule has 0 saturated carbocycles. The third-order valence-corrected chi connectivity index (χ3v) is 0.692. The van der Waals surface area contributed by atoms with Gasteiger partial charge >= 0.3 is 0 Å². The van der Waals surface area contributed by atoms with E-state index in [9.17, 15) is 0 Å². The van der Waals surface area contributed by atoms with E-state index in [1.807, 2.05) is 6.92 Å². The first-order valence-corrected chi connectivity index (χ1v) is 1.73. The Morgan fingerprint density at radius 1 is 1.29 bits per heavy atom. The van der Waals surface area contributed by atoms with Crippen molar-refractivity contribution in [2.24, 2.45) is 0 Å². The molecule has 4 heteroatoms. The van der Waals surface area contributed by atoms with Gasteiger partial charge in [-0.2, -0.15) is 0 Å². The van der Waals surface area contributed by atoms with E-state index in [1.165, 1.54) is 0 Å². The van der Waals surface area contributed by atoms with E-state index >= 15 is 0 Å². The van der Waals surface area contributed by atoms with Crippen molar-refractivity contribution in [3.8, 4) is 0 Å². The molecule has 0 aromatic heterocycles. The minimum atomic E-state index is 0. The van der Waals surface area contributed by atoms with Crippen LogP contribution < -0.4 is 0 Å². The van der Waals surface area contributed by atoms with Crippen molar-refractivity contribution in [3.05, 3.63) is 10.6 Å². The van der Waals surface area contributed by atoms with Crippen molar-refractivity contribution in [2.75, 3.05) is 6.67 Å². The van der Waals surface area contributed by atoms with Gasteiger partial charge in [0.05, 0.1) is 0 Å². The summed E-state index contributed by atoms with van der Waals surface area (Å²) in [6.45, 7) is 2.71. The standard InChI is InChI=1S/C3H6N2.2Pr/c1-3-4-2-5-3;;/h3H,2H2,1H3;;/q-2;;. The molecule has 0 unspecified atom stereocenters. The zero-order valence-corrected chi connectivity index (χ0v) is 11.7. The molecule has 0 atom stereocenters. The van der Waals surface area contributed by atoms with Gasteiger partial charge in [0.1, 0.15) is 0 Å². The molecule has 0 bridgehead atoms. The summed E-state index contributed by atoms with van der Waals surface area (Å²) >= 11 is 0. The molecule has 1 aliphatic rings. The van der Waals surface area contributed by atoms with Crippen molar-refractivity contribution in [1.82, 2.24) is 0 Å². The summed E-state index contributed by atoms with van der Waals surface area (Å²) in [5, 5.41) is 7.81. The summed E-state index contributed by atoms with van der Waals surface area (Å²) in [5.74, 6) is 0. The Kier molecular flexibility index (Phi) is 11.9. The summed E-state index contributed by atoms with van der Waals surface area (Å²) in [5.41, 5.74) is 0. The maximum Gasteiger partial charge on any atom is 0 e. The Labute approximate surface area is 110 Å². The van der Waals surface area contributed by atoms with Crippen LogP contribution in [-0.2, 0) is 0 Å². The summed E-state index contributed by atoms with van der Waals surface area (Å²) < 4.78 is 0. The van der Waals surface area contributed by atoms with E-state index in [-0.39, 0.29) is 82.6 Å². The molecule has 1 fully saturated rings. The average molecular weight is 352 g/mol. The normalized spacial score (nSPS) is 18.4.